The van der Waals surface area contributed by atoms with Crippen LogP contribution in [-0.4, -0.2) is 269 Å². The van der Waals surface area contributed by atoms with Crippen molar-refractivity contribution in [3.63, 3.8) is 0 Å². The Morgan fingerprint density at radius 3 is 1.42 bits per heavy atom. The Balaban J connectivity index is 1.48. The van der Waals surface area contributed by atoms with E-state index in [4.69, 9.17) is 37.9 Å². The second-order valence-corrected chi connectivity index (χ2v) is 28.6. The Hall–Kier alpha value is -3.22. The van der Waals surface area contributed by atoms with Crippen LogP contribution in [-0.2, 0) is 57.1 Å². The van der Waals surface area contributed by atoms with Gasteiger partial charge in [-0.1, -0.05) is 219 Å². The number of nitrogens with one attached hydrogen (secondary N) is 3. The van der Waals surface area contributed by atoms with Crippen molar-refractivity contribution < 1.29 is 129 Å². The van der Waals surface area contributed by atoms with Crippen LogP contribution in [0, 0.1) is 0 Å². The number of allylic oxidation sites excluding steroid dienone is 1. The highest BCUT2D eigenvalue weighted by Crippen LogP contribution is 2.40. The lowest BCUT2D eigenvalue weighted by molar-refractivity contribution is -0.401. The molecule has 0 aromatic heterocycles. The van der Waals surface area contributed by atoms with E-state index in [1.165, 1.54) is 148 Å². The molecule has 29 heteroatoms. The largest absolute Gasteiger partial charge is 0.477 e. The van der Waals surface area contributed by atoms with Crippen LogP contribution in [0.3, 0.4) is 0 Å². The first-order chi connectivity index (χ1) is 49.0. The summed E-state index contributed by atoms with van der Waals surface area (Å²) < 4.78 is 48.0. The number of aliphatic carboxylic acids is 1. The molecule has 4 aliphatic rings. The molecule has 4 saturated heterocycles. The molecule has 23 atom stereocenters. The second-order valence-electron chi connectivity index (χ2n) is 28.6. The van der Waals surface area contributed by atoms with Crippen LogP contribution in [0.4, 0.5) is 0 Å². The minimum atomic E-state index is -3.28. The number of hydrogen-bond donors (Lipinski definition) is 17. The van der Waals surface area contributed by atoms with Crippen LogP contribution < -0.4 is 16.0 Å². The number of amides is 3. The third-order valence-electron chi connectivity index (χ3n) is 20.0. The molecule has 1 unspecified atom stereocenters. The maximum Gasteiger partial charge on any atom is 0.364 e. The van der Waals surface area contributed by atoms with Crippen molar-refractivity contribution in [3.8, 4) is 0 Å². The molecule has 4 rings (SSSR count). The predicted octanol–water partition coefficient (Wildman–Crippen LogP) is 3.47. The molecule has 596 valence electrons. The number of hydrogen-bond acceptors (Lipinski definition) is 25. The van der Waals surface area contributed by atoms with Crippen LogP contribution in [0.2, 0.25) is 0 Å². The fourth-order valence-electron chi connectivity index (χ4n) is 13.9. The van der Waals surface area contributed by atoms with Crippen molar-refractivity contribution in [1.29, 1.82) is 0 Å². The number of aliphatic hydroxyl groups excluding tert-OH is 13. The van der Waals surface area contributed by atoms with E-state index in [2.05, 4.69) is 29.8 Å². The number of carboxylic acid groups (broad SMARTS) is 1. The van der Waals surface area contributed by atoms with Crippen molar-refractivity contribution in [2.24, 2.45) is 0 Å². The molecular weight excluding hydrogens is 1330 g/mol. The zero-order valence-electron chi connectivity index (χ0n) is 61.3. The summed E-state index contributed by atoms with van der Waals surface area (Å²) in [6, 6.07) is -4.52. The maximum absolute atomic E-state index is 13.6. The van der Waals surface area contributed by atoms with Gasteiger partial charge < -0.3 is 125 Å². The minimum absolute atomic E-state index is 0.162. The molecule has 4 aliphatic heterocycles. The summed E-state index contributed by atoms with van der Waals surface area (Å²) in [6.07, 6.45) is 3.75. The molecule has 4 heterocycles. The van der Waals surface area contributed by atoms with E-state index in [1.807, 2.05) is 6.08 Å². The van der Waals surface area contributed by atoms with Crippen LogP contribution in [0.15, 0.2) is 12.2 Å². The van der Waals surface area contributed by atoms with Gasteiger partial charge in [0.25, 0.3) is 5.79 Å². The van der Waals surface area contributed by atoms with Crippen LogP contribution in [0.25, 0.3) is 0 Å². The number of carbonyl (C=O) groups excluding carboxylic acids is 3. The van der Waals surface area contributed by atoms with Crippen LogP contribution >= 0.6 is 0 Å². The lowest BCUT2D eigenvalue weighted by atomic mass is 9.88. The first-order valence-corrected chi connectivity index (χ1v) is 38.6. The number of aliphatic hydroxyl groups is 13. The third kappa shape index (κ3) is 31.2. The predicted molar refractivity (Wildman–Crippen MR) is 373 cm³/mol. The summed E-state index contributed by atoms with van der Waals surface area (Å²) in [7, 11) is 0. The number of rotatable bonds is 55. The highest BCUT2D eigenvalue weighted by Gasteiger charge is 2.62. The van der Waals surface area contributed by atoms with Gasteiger partial charge in [0.15, 0.2) is 18.9 Å². The molecule has 3 amide bonds. The van der Waals surface area contributed by atoms with E-state index in [9.17, 15) is 90.7 Å². The average molecular weight is 1470 g/mol. The van der Waals surface area contributed by atoms with Gasteiger partial charge in [-0.25, -0.2) is 4.79 Å². The highest BCUT2D eigenvalue weighted by atomic mass is 16.8. The number of carboxylic acids is 1. The minimum Gasteiger partial charge on any atom is -0.477 e. The molecule has 17 N–H and O–H groups in total. The van der Waals surface area contributed by atoms with E-state index >= 15 is 0 Å². The van der Waals surface area contributed by atoms with Gasteiger partial charge in [-0.2, -0.15) is 0 Å². The molecule has 0 spiro atoms. The van der Waals surface area contributed by atoms with Gasteiger partial charge in [0.05, 0.1) is 57.3 Å². The summed E-state index contributed by atoms with van der Waals surface area (Å²) >= 11 is 0. The van der Waals surface area contributed by atoms with Gasteiger partial charge >= 0.3 is 5.97 Å². The van der Waals surface area contributed by atoms with Gasteiger partial charge in [0.1, 0.15) is 91.5 Å². The summed E-state index contributed by atoms with van der Waals surface area (Å²) in [6.45, 7) is 1.76. The smallest absolute Gasteiger partial charge is 0.364 e. The van der Waals surface area contributed by atoms with E-state index in [0.717, 1.165) is 65.2 Å². The number of ether oxygens (including phenoxy) is 8. The fourth-order valence-corrected chi connectivity index (χ4v) is 13.9. The van der Waals surface area contributed by atoms with Gasteiger partial charge in [-0.05, 0) is 19.3 Å². The summed E-state index contributed by atoms with van der Waals surface area (Å²) in [4.78, 5) is 52.0. The standard InChI is InChI=1S/C73H133N3O26/c1-5-7-9-11-13-15-17-19-20-21-22-23-24-25-26-28-30-32-34-36-38-40-56(86)76-49(50(83)39-37-35-33-31-29-27-18-16-14-12-10-8-6-2)46-95-70-63(91)62(90)65(54(44-79)97-70)99-71-64(92)68(66(55(45-80)98-71)100-69-58(75-48(4)82)61(89)60(88)53(43-78)96-69)102-73(72(93)94)41-51(84)57(74-47(3)81)67(101-73)59(87)52(85)42-77/h37,39,49-55,57-71,77-80,83-85,87-92H,5-36,38,40-46H2,1-4H3,(H,74,81)(H,75,82)(H,76,86)(H,93,94)/b39-37+/t49-,50+,51-,52+,53+,54+,55+,57+,58+,59+,60-,61+,62+,63+,64+,65+,66-,67?,68+,69-,70+,71-,73-/m0/s1. The zero-order chi connectivity index (χ0) is 75.0. The second kappa shape index (κ2) is 51.2. The lowest BCUT2D eigenvalue weighted by Crippen LogP contribution is -2.72. The van der Waals surface area contributed by atoms with E-state index in [1.54, 1.807) is 6.08 Å². The number of carbonyl (C=O) groups is 4. The normalized spacial score (nSPS) is 31.1. The van der Waals surface area contributed by atoms with Crippen molar-refractivity contribution in [1.82, 2.24) is 16.0 Å². The Labute approximate surface area is 604 Å². The molecule has 0 aromatic rings. The molecule has 4 fully saturated rings. The van der Waals surface area contributed by atoms with E-state index in [0.29, 0.717) is 12.8 Å². The molecule has 102 heavy (non-hydrogen) atoms. The first-order valence-electron chi connectivity index (χ1n) is 38.6. The monoisotopic (exact) mass is 1470 g/mol. The quantitative estimate of drug-likeness (QED) is 0.0306. The molecule has 0 aromatic carbocycles. The van der Waals surface area contributed by atoms with Crippen LogP contribution in [0.5, 0.6) is 0 Å². The van der Waals surface area contributed by atoms with Gasteiger partial charge in [-0.15, -0.1) is 0 Å². The summed E-state index contributed by atoms with van der Waals surface area (Å²) in [5, 5.41) is 163. The van der Waals surface area contributed by atoms with Crippen LogP contribution in [0.1, 0.15) is 252 Å². The highest BCUT2D eigenvalue weighted by molar-refractivity contribution is 5.77. The van der Waals surface area contributed by atoms with Crippen molar-refractivity contribution in [3.05, 3.63) is 12.2 Å². The molecule has 0 aliphatic carbocycles. The van der Waals surface area contributed by atoms with Crippen molar-refractivity contribution in [2.45, 2.75) is 393 Å². The SMILES string of the molecule is CCCCCCCCCCCCC/C=C/[C@@H](O)[C@H](CO[C@@H]1O[C@H](CO)[C@@H](O[C@@H]2O[C@H](CO)[C@H](O[C@@H]3O[C@H](CO)[C@H](O)[C@H](O)[C@H]3NC(C)=O)[C@H](O[C@]3(C(=O)O)C[C@H](O)[C@@H](NC(C)=O)C([C@H](O)[C@H](O)CO)O3)[C@H]2O)[C@H](O)[C@H]1O)NC(=O)CCCCCCCCCCCCCCCCCCCCCCC. The number of unbranched alkanes of at least 4 members (excludes halogenated alkanes) is 31. The fraction of sp³-hybridized carbons (Fsp3) is 0.918. The van der Waals surface area contributed by atoms with Crippen molar-refractivity contribution in [2.75, 3.05) is 33.0 Å². The van der Waals surface area contributed by atoms with Gasteiger partial charge in [-0.3, -0.25) is 14.4 Å². The van der Waals surface area contributed by atoms with Crippen molar-refractivity contribution >= 4 is 23.7 Å². The Morgan fingerprint density at radius 1 is 0.510 bits per heavy atom. The van der Waals surface area contributed by atoms with Gasteiger partial charge in [0.2, 0.25) is 17.7 Å². The van der Waals surface area contributed by atoms with E-state index < -0.39 is 198 Å². The molecule has 0 saturated carbocycles. The average Bonchev–Trinajstić information content (AvgIpc) is 0.748. The first kappa shape index (κ1) is 91.2. The third-order valence-corrected chi connectivity index (χ3v) is 20.0. The van der Waals surface area contributed by atoms with Gasteiger partial charge in [0, 0.05) is 26.7 Å². The molecule has 29 nitrogen and oxygen atoms in total. The van der Waals surface area contributed by atoms with E-state index in [-0.39, 0.29) is 12.3 Å². The lowest BCUT2D eigenvalue weighted by Gasteiger charge is -2.52. The molecule has 0 bridgehead atoms. The maximum atomic E-state index is 13.6. The molecular formula is C73H133N3O26. The summed E-state index contributed by atoms with van der Waals surface area (Å²) in [5.41, 5.74) is 0. The zero-order valence-corrected chi connectivity index (χ0v) is 61.3. The summed E-state index contributed by atoms with van der Waals surface area (Å²) in [5.74, 6) is -7.36. The Kier molecular flexibility index (Phi) is 45.7. The Morgan fingerprint density at radius 2 is 0.951 bits per heavy atom. The Bertz CT molecular complexity index is 2280. The molecule has 0 radical (unpaired) electrons. The topological polar surface area (TPSA) is 461 Å².